The lowest BCUT2D eigenvalue weighted by Crippen LogP contribution is -2.37. The van der Waals surface area contributed by atoms with Gasteiger partial charge < -0.3 is 9.47 Å². The number of methoxy groups -OCH3 is 1. The number of nitrogens with one attached hydrogen (secondary N) is 1. The van der Waals surface area contributed by atoms with Gasteiger partial charge in [-0.2, -0.15) is 0 Å². The summed E-state index contributed by atoms with van der Waals surface area (Å²) in [6, 6.07) is 9.23. The highest BCUT2D eigenvalue weighted by molar-refractivity contribution is 7.93. The first-order valence-electron chi connectivity index (χ1n) is 11.6. The summed E-state index contributed by atoms with van der Waals surface area (Å²) in [4.78, 5) is 0.0952. The molecule has 3 rings (SSSR count). The Morgan fingerprint density at radius 1 is 1.06 bits per heavy atom. The van der Waals surface area contributed by atoms with Gasteiger partial charge in [0.2, 0.25) is 0 Å². The molecular weight excluding hydrogens is 472 g/mol. The summed E-state index contributed by atoms with van der Waals surface area (Å²) in [5.74, 6) is 1.39. The third-order valence-electron chi connectivity index (χ3n) is 6.20. The topological polar surface area (TPSA) is 96.8 Å². The number of nitrogens with zero attached hydrogens (tertiary/aromatic N) is 1. The highest BCUT2D eigenvalue weighted by Crippen LogP contribution is 2.35. The van der Waals surface area contributed by atoms with Gasteiger partial charge in [-0.05, 0) is 81.5 Å². The minimum Gasteiger partial charge on any atom is -0.497 e. The predicted octanol–water partition coefficient (Wildman–Crippen LogP) is 5.60. The van der Waals surface area contributed by atoms with E-state index >= 15 is 0 Å². The molecule has 1 fully saturated rings. The molecular formula is C25H36N2O5S2. The van der Waals surface area contributed by atoms with Crippen molar-refractivity contribution >= 4 is 25.4 Å². The normalized spacial score (nSPS) is 16.8. The van der Waals surface area contributed by atoms with Gasteiger partial charge in [0, 0.05) is 12.3 Å². The van der Waals surface area contributed by atoms with Crippen LogP contribution in [-0.2, 0) is 19.8 Å². The molecule has 0 spiro atoms. The lowest BCUT2D eigenvalue weighted by Gasteiger charge is -2.30. The number of anilines is 1. The van der Waals surface area contributed by atoms with Crippen LogP contribution in [0.3, 0.4) is 0 Å². The maximum Gasteiger partial charge on any atom is 0.264 e. The molecule has 1 saturated carbocycles. The van der Waals surface area contributed by atoms with Gasteiger partial charge in [0.15, 0.2) is 0 Å². The fourth-order valence-electron chi connectivity index (χ4n) is 4.43. The van der Waals surface area contributed by atoms with E-state index in [2.05, 4.69) is 0 Å². The van der Waals surface area contributed by atoms with Crippen LogP contribution in [0.1, 0.15) is 51.5 Å². The van der Waals surface area contributed by atoms with Gasteiger partial charge >= 0.3 is 0 Å². The Hall–Kier alpha value is -2.26. The second kappa shape index (κ2) is 10.6. The van der Waals surface area contributed by atoms with Crippen LogP contribution in [0.15, 0.2) is 46.2 Å². The first-order valence-corrected chi connectivity index (χ1v) is 15.1. The molecule has 2 aromatic rings. The zero-order valence-electron chi connectivity index (χ0n) is 20.7. The van der Waals surface area contributed by atoms with Crippen LogP contribution in [-0.4, -0.2) is 38.6 Å². The fourth-order valence-corrected chi connectivity index (χ4v) is 7.13. The summed E-state index contributed by atoms with van der Waals surface area (Å²) >= 11 is 0. The van der Waals surface area contributed by atoms with Crippen LogP contribution in [0, 0.1) is 17.6 Å². The average molecular weight is 509 g/mol. The molecule has 0 bridgehead atoms. The summed E-state index contributed by atoms with van der Waals surface area (Å²) in [5, 5.41) is 0. The van der Waals surface area contributed by atoms with Crippen LogP contribution in [0.4, 0.5) is 5.69 Å². The van der Waals surface area contributed by atoms with Gasteiger partial charge in [0.1, 0.15) is 11.5 Å². The molecule has 2 aromatic carbocycles. The molecule has 0 saturated heterocycles. The Kier molecular flexibility index (Phi) is 8.18. The molecule has 1 unspecified atom stereocenters. The van der Waals surface area contributed by atoms with Gasteiger partial charge in [-0.3, -0.25) is 4.31 Å². The highest BCUT2D eigenvalue weighted by Gasteiger charge is 2.30. The third-order valence-corrected chi connectivity index (χ3v) is 9.35. The Bertz CT molecular complexity index is 1220. The molecule has 34 heavy (non-hydrogen) atoms. The Morgan fingerprint density at radius 2 is 1.74 bits per heavy atom. The lowest BCUT2D eigenvalue weighted by atomic mass is 9.90. The summed E-state index contributed by atoms with van der Waals surface area (Å²) in [6.07, 6.45) is 7.07. The largest absolute Gasteiger partial charge is 0.497 e. The molecule has 1 aliphatic carbocycles. The van der Waals surface area contributed by atoms with Crippen molar-refractivity contribution in [2.24, 2.45) is 5.92 Å². The maximum atomic E-state index is 13.8. The van der Waals surface area contributed by atoms with E-state index in [-0.39, 0.29) is 15.8 Å². The van der Waals surface area contributed by atoms with Crippen LogP contribution in [0.2, 0.25) is 0 Å². The van der Waals surface area contributed by atoms with Crippen molar-refractivity contribution in [2.75, 3.05) is 24.3 Å². The first-order chi connectivity index (χ1) is 15.9. The van der Waals surface area contributed by atoms with Crippen molar-refractivity contribution in [3.05, 3.63) is 42.0 Å². The monoisotopic (exact) mass is 508 g/mol. The van der Waals surface area contributed by atoms with Crippen molar-refractivity contribution in [2.45, 2.75) is 68.7 Å². The summed E-state index contributed by atoms with van der Waals surface area (Å²) in [5.41, 5.74) is 1.29. The number of hydrogen-bond donors (Lipinski definition) is 1. The van der Waals surface area contributed by atoms with Gasteiger partial charge in [0.05, 0.1) is 38.9 Å². The standard InChI is InChI=1S/C25H36N2O5S2/c1-18(2)27(23-13-11-21(31-4)15-19(23)3)34(29,30)22-12-14-24(25(16-22)33(5,26)28)32-17-20-9-7-6-8-10-20/h11-16,18,20,26H,6-10,17H2,1-5H3. The van der Waals surface area contributed by atoms with E-state index in [1.165, 1.54) is 42.0 Å². The first kappa shape index (κ1) is 26.3. The number of aryl methyl sites for hydroxylation is 1. The number of ether oxygens (including phenoxy) is 2. The SMILES string of the molecule is COc1ccc(N(C(C)C)S(=O)(=O)c2ccc(OCC3CCCCC3)c(S(C)(=N)=O)c2)c(C)c1. The van der Waals surface area contributed by atoms with Crippen LogP contribution < -0.4 is 13.8 Å². The van der Waals surface area contributed by atoms with Gasteiger partial charge in [0.25, 0.3) is 10.0 Å². The highest BCUT2D eigenvalue weighted by atomic mass is 32.2. The van der Waals surface area contributed by atoms with Crippen molar-refractivity contribution in [3.8, 4) is 11.5 Å². The molecule has 0 heterocycles. The summed E-state index contributed by atoms with van der Waals surface area (Å²) < 4.78 is 61.2. The zero-order chi connectivity index (χ0) is 25.1. The Labute approximate surface area is 204 Å². The zero-order valence-corrected chi connectivity index (χ0v) is 22.3. The predicted molar refractivity (Wildman–Crippen MR) is 136 cm³/mol. The number of benzene rings is 2. The number of rotatable bonds is 9. The van der Waals surface area contributed by atoms with E-state index < -0.39 is 19.8 Å². The molecule has 1 N–H and O–H groups in total. The number of sulfonamides is 1. The van der Waals surface area contributed by atoms with E-state index in [4.69, 9.17) is 14.3 Å². The van der Waals surface area contributed by atoms with Crippen molar-refractivity contribution in [1.29, 1.82) is 4.78 Å². The Morgan fingerprint density at radius 3 is 2.29 bits per heavy atom. The molecule has 0 aliphatic heterocycles. The van der Waals surface area contributed by atoms with Gasteiger partial charge in [-0.25, -0.2) is 17.4 Å². The molecule has 1 atom stereocenters. The average Bonchev–Trinajstić information content (AvgIpc) is 2.78. The molecule has 0 amide bonds. The second-order valence-corrected chi connectivity index (χ2v) is 13.3. The van der Waals surface area contributed by atoms with Crippen LogP contribution in [0.25, 0.3) is 0 Å². The lowest BCUT2D eigenvalue weighted by molar-refractivity contribution is 0.205. The van der Waals surface area contributed by atoms with E-state index in [9.17, 15) is 12.6 Å². The van der Waals surface area contributed by atoms with Crippen LogP contribution >= 0.6 is 0 Å². The molecule has 188 valence electrons. The fraction of sp³-hybridized carbons (Fsp3) is 0.520. The minimum atomic E-state index is -4.00. The van der Waals surface area contributed by atoms with E-state index in [0.29, 0.717) is 29.7 Å². The van der Waals surface area contributed by atoms with Gasteiger partial charge in [-0.15, -0.1) is 0 Å². The minimum absolute atomic E-state index is 0.0155. The van der Waals surface area contributed by atoms with E-state index in [0.717, 1.165) is 18.4 Å². The quantitative estimate of drug-likeness (QED) is 0.475. The van der Waals surface area contributed by atoms with E-state index in [1.807, 2.05) is 6.92 Å². The van der Waals surface area contributed by atoms with E-state index in [1.54, 1.807) is 45.2 Å². The molecule has 1 aliphatic rings. The molecule has 9 heteroatoms. The van der Waals surface area contributed by atoms with Gasteiger partial charge in [-0.1, -0.05) is 19.3 Å². The molecule has 7 nitrogen and oxygen atoms in total. The van der Waals surface area contributed by atoms with Crippen LogP contribution in [0.5, 0.6) is 11.5 Å². The summed E-state index contributed by atoms with van der Waals surface area (Å²) in [6.45, 7) is 5.92. The second-order valence-electron chi connectivity index (χ2n) is 9.31. The third kappa shape index (κ3) is 5.86. The van der Waals surface area contributed by atoms with Crippen molar-refractivity contribution in [3.63, 3.8) is 0 Å². The molecule has 0 radical (unpaired) electrons. The van der Waals surface area contributed by atoms with Crippen molar-refractivity contribution < 1.29 is 22.1 Å². The maximum absolute atomic E-state index is 13.8. The van der Waals surface area contributed by atoms with Crippen molar-refractivity contribution in [1.82, 2.24) is 0 Å². The number of hydrogen-bond acceptors (Lipinski definition) is 6. The Balaban J connectivity index is 2.00. The smallest absolute Gasteiger partial charge is 0.264 e. The summed E-state index contributed by atoms with van der Waals surface area (Å²) in [7, 11) is -5.66. The molecule has 0 aromatic heterocycles.